The number of hydrogen-bond donors (Lipinski definition) is 1. The number of benzene rings is 1. The Morgan fingerprint density at radius 1 is 1.32 bits per heavy atom. The van der Waals surface area contributed by atoms with Crippen LogP contribution in [0.3, 0.4) is 0 Å². The van der Waals surface area contributed by atoms with E-state index < -0.39 is 17.2 Å². The number of methoxy groups -OCH3 is 1. The van der Waals surface area contributed by atoms with Gasteiger partial charge < -0.3 is 14.8 Å². The molecule has 3 heterocycles. The summed E-state index contributed by atoms with van der Waals surface area (Å²) < 4.78 is 39.4. The van der Waals surface area contributed by atoms with Gasteiger partial charge in [-0.25, -0.2) is 18.7 Å². The SMILES string of the molecule is CN=C1NC2(c3ccc(F)cc3F)COC(c3ncc(OC)cn3)CC2CS1. The lowest BCUT2D eigenvalue weighted by molar-refractivity contribution is -0.0712. The van der Waals surface area contributed by atoms with Crippen molar-refractivity contribution in [1.29, 1.82) is 0 Å². The fourth-order valence-corrected chi connectivity index (χ4v) is 4.91. The summed E-state index contributed by atoms with van der Waals surface area (Å²) in [5, 5.41) is 4.06. The highest BCUT2D eigenvalue weighted by molar-refractivity contribution is 8.13. The number of amidine groups is 1. The fraction of sp³-hybridized carbons (Fsp3) is 0.421. The summed E-state index contributed by atoms with van der Waals surface area (Å²) in [6.07, 6.45) is 3.49. The van der Waals surface area contributed by atoms with Gasteiger partial charge in [-0.2, -0.15) is 0 Å². The molecular weight excluding hydrogens is 386 g/mol. The highest BCUT2D eigenvalue weighted by Gasteiger charge is 2.50. The Morgan fingerprint density at radius 3 is 2.79 bits per heavy atom. The van der Waals surface area contributed by atoms with E-state index in [0.29, 0.717) is 28.7 Å². The van der Waals surface area contributed by atoms with Crippen molar-refractivity contribution in [1.82, 2.24) is 15.3 Å². The van der Waals surface area contributed by atoms with Gasteiger partial charge in [0.15, 0.2) is 16.7 Å². The number of aliphatic imine (C=N–C) groups is 1. The van der Waals surface area contributed by atoms with Gasteiger partial charge in [-0.05, 0) is 12.5 Å². The maximum absolute atomic E-state index is 14.7. The number of ether oxygens (including phenoxy) is 2. The van der Waals surface area contributed by atoms with Gasteiger partial charge in [0.25, 0.3) is 0 Å². The van der Waals surface area contributed by atoms with Gasteiger partial charge in [0.1, 0.15) is 17.7 Å². The van der Waals surface area contributed by atoms with Gasteiger partial charge in [0.2, 0.25) is 0 Å². The van der Waals surface area contributed by atoms with Gasteiger partial charge in [-0.3, -0.25) is 4.99 Å². The van der Waals surface area contributed by atoms with Crippen LogP contribution in [0.25, 0.3) is 0 Å². The van der Waals surface area contributed by atoms with Crippen LogP contribution in [-0.4, -0.2) is 41.7 Å². The summed E-state index contributed by atoms with van der Waals surface area (Å²) in [6, 6.07) is 3.67. The molecule has 0 aliphatic carbocycles. The van der Waals surface area contributed by atoms with Gasteiger partial charge in [-0.15, -0.1) is 0 Å². The van der Waals surface area contributed by atoms with E-state index in [1.54, 1.807) is 38.3 Å². The smallest absolute Gasteiger partial charge is 0.157 e. The summed E-state index contributed by atoms with van der Waals surface area (Å²) in [5.41, 5.74) is -0.435. The quantitative estimate of drug-likeness (QED) is 0.845. The third-order valence-corrected chi connectivity index (χ3v) is 6.37. The first-order chi connectivity index (χ1) is 13.6. The number of halogens is 2. The van der Waals surface area contributed by atoms with E-state index in [4.69, 9.17) is 9.47 Å². The second-order valence-electron chi connectivity index (χ2n) is 6.77. The Hall–Kier alpha value is -2.26. The first-order valence-corrected chi connectivity index (χ1v) is 9.85. The highest BCUT2D eigenvalue weighted by Crippen LogP contribution is 2.47. The van der Waals surface area contributed by atoms with Crippen LogP contribution in [0, 0.1) is 17.6 Å². The topological polar surface area (TPSA) is 68.6 Å². The molecule has 0 radical (unpaired) electrons. The minimum atomic E-state index is -0.819. The minimum Gasteiger partial charge on any atom is -0.494 e. The number of aromatic nitrogens is 2. The molecule has 0 amide bonds. The van der Waals surface area contributed by atoms with Crippen LogP contribution >= 0.6 is 11.8 Å². The Kier molecular flexibility index (Phi) is 5.20. The van der Waals surface area contributed by atoms with E-state index in [1.807, 2.05) is 0 Å². The number of fused-ring (bicyclic) bond motifs is 1. The lowest BCUT2D eigenvalue weighted by atomic mass is 9.74. The molecule has 2 saturated heterocycles. The van der Waals surface area contributed by atoms with Crippen molar-refractivity contribution in [3.8, 4) is 5.75 Å². The largest absolute Gasteiger partial charge is 0.494 e. The standard InChI is InChI=1S/C19H20F2N4O2S/c1-22-18-25-19(14-4-3-12(20)6-15(14)21)10-27-16(5-11(19)9-28-18)17-23-7-13(26-2)8-24-17/h3-4,6-8,11,16H,5,9-10H2,1-2H3,(H,22,25). The second kappa shape index (κ2) is 7.63. The van der Waals surface area contributed by atoms with E-state index in [2.05, 4.69) is 20.3 Å². The van der Waals surface area contributed by atoms with Crippen molar-refractivity contribution in [2.24, 2.45) is 10.9 Å². The van der Waals surface area contributed by atoms with E-state index in [1.165, 1.54) is 12.1 Å². The number of hydrogen-bond acceptors (Lipinski definition) is 6. The summed E-state index contributed by atoms with van der Waals surface area (Å²) in [4.78, 5) is 12.9. The molecule has 148 valence electrons. The number of rotatable bonds is 3. The van der Waals surface area contributed by atoms with Gasteiger partial charge in [0, 0.05) is 30.3 Å². The zero-order chi connectivity index (χ0) is 19.7. The van der Waals surface area contributed by atoms with Crippen LogP contribution in [0.4, 0.5) is 8.78 Å². The Balaban J connectivity index is 1.67. The fourth-order valence-electron chi connectivity index (χ4n) is 3.75. The zero-order valence-corrected chi connectivity index (χ0v) is 16.3. The molecule has 0 saturated carbocycles. The molecule has 2 aromatic rings. The van der Waals surface area contributed by atoms with Crippen LogP contribution in [0.5, 0.6) is 5.75 Å². The molecular formula is C19H20F2N4O2S. The third-order valence-electron chi connectivity index (χ3n) is 5.25. The molecule has 3 atom stereocenters. The molecule has 3 unspecified atom stereocenters. The van der Waals surface area contributed by atoms with Crippen molar-refractivity contribution in [3.05, 3.63) is 53.6 Å². The minimum absolute atomic E-state index is 0.0208. The molecule has 28 heavy (non-hydrogen) atoms. The monoisotopic (exact) mass is 406 g/mol. The molecule has 0 bridgehead atoms. The molecule has 6 nitrogen and oxygen atoms in total. The van der Waals surface area contributed by atoms with Gasteiger partial charge in [0.05, 0.1) is 31.6 Å². The van der Waals surface area contributed by atoms with E-state index in [0.717, 1.165) is 11.8 Å². The van der Waals surface area contributed by atoms with Crippen molar-refractivity contribution < 1.29 is 18.3 Å². The molecule has 4 rings (SSSR count). The first kappa shape index (κ1) is 19.1. The average molecular weight is 406 g/mol. The predicted molar refractivity (Wildman–Crippen MR) is 102 cm³/mol. The molecule has 1 N–H and O–H groups in total. The summed E-state index contributed by atoms with van der Waals surface area (Å²) >= 11 is 1.58. The second-order valence-corrected chi connectivity index (χ2v) is 7.78. The molecule has 2 aliphatic rings. The van der Waals surface area contributed by atoms with E-state index in [-0.39, 0.29) is 18.6 Å². The van der Waals surface area contributed by atoms with Crippen LogP contribution < -0.4 is 10.1 Å². The molecule has 1 aromatic heterocycles. The van der Waals surface area contributed by atoms with Crippen molar-refractivity contribution in [2.45, 2.75) is 18.1 Å². The Bertz CT molecular complexity index is 896. The Labute approximate surface area is 165 Å². The van der Waals surface area contributed by atoms with Gasteiger partial charge in [-0.1, -0.05) is 17.8 Å². The van der Waals surface area contributed by atoms with Crippen LogP contribution in [0.2, 0.25) is 0 Å². The number of thioether (sulfide) groups is 1. The molecule has 2 aliphatic heterocycles. The molecule has 9 heteroatoms. The number of nitrogens with zero attached hydrogens (tertiary/aromatic N) is 3. The van der Waals surface area contributed by atoms with Crippen molar-refractivity contribution in [3.63, 3.8) is 0 Å². The summed E-state index contributed by atoms with van der Waals surface area (Å²) in [5.74, 6) is 0.682. The van der Waals surface area contributed by atoms with E-state index >= 15 is 0 Å². The van der Waals surface area contributed by atoms with Gasteiger partial charge >= 0.3 is 0 Å². The third kappa shape index (κ3) is 3.33. The predicted octanol–water partition coefficient (Wildman–Crippen LogP) is 3.06. The van der Waals surface area contributed by atoms with Crippen LogP contribution in [0.1, 0.15) is 23.9 Å². The van der Waals surface area contributed by atoms with Crippen LogP contribution in [0.15, 0.2) is 35.6 Å². The lowest BCUT2D eigenvalue weighted by Gasteiger charge is -2.50. The Morgan fingerprint density at radius 2 is 2.11 bits per heavy atom. The maximum atomic E-state index is 14.7. The summed E-state index contributed by atoms with van der Waals surface area (Å²) in [7, 11) is 3.24. The lowest BCUT2D eigenvalue weighted by Crippen LogP contribution is -2.60. The number of nitrogens with one attached hydrogen (secondary N) is 1. The highest BCUT2D eigenvalue weighted by atomic mass is 32.2. The maximum Gasteiger partial charge on any atom is 0.157 e. The van der Waals surface area contributed by atoms with E-state index in [9.17, 15) is 8.78 Å². The van der Waals surface area contributed by atoms with Crippen molar-refractivity contribution in [2.75, 3.05) is 26.5 Å². The molecule has 1 aromatic carbocycles. The zero-order valence-electron chi connectivity index (χ0n) is 15.5. The molecule has 2 fully saturated rings. The van der Waals surface area contributed by atoms with Crippen LogP contribution in [-0.2, 0) is 10.3 Å². The first-order valence-electron chi connectivity index (χ1n) is 8.86. The van der Waals surface area contributed by atoms with Crippen molar-refractivity contribution >= 4 is 16.9 Å². The summed E-state index contributed by atoms with van der Waals surface area (Å²) in [6.45, 7) is 0.194. The average Bonchev–Trinajstić information content (AvgIpc) is 2.72. The molecule has 0 spiro atoms. The normalized spacial score (nSPS) is 28.5.